The smallest absolute Gasteiger partial charge is 0.255 e. The van der Waals surface area contributed by atoms with Crippen LogP contribution in [0.15, 0.2) is 18.2 Å². The fourth-order valence-electron chi connectivity index (χ4n) is 2.63. The van der Waals surface area contributed by atoms with E-state index in [9.17, 15) is 9.59 Å². The Morgan fingerprint density at radius 2 is 1.79 bits per heavy atom. The molecule has 132 valence electrons. The molecule has 1 fully saturated rings. The maximum absolute atomic E-state index is 12.4. The van der Waals surface area contributed by atoms with Gasteiger partial charge in [-0.3, -0.25) is 9.59 Å². The maximum Gasteiger partial charge on any atom is 0.255 e. The number of rotatable bonds is 5. The molecule has 0 bridgehead atoms. The second kappa shape index (κ2) is 8.44. The number of nitrogens with zero attached hydrogens (tertiary/aromatic N) is 1. The lowest BCUT2D eigenvalue weighted by atomic mass is 10.0. The van der Waals surface area contributed by atoms with Crippen LogP contribution in [0.5, 0.6) is 11.5 Å². The third-order valence-corrected chi connectivity index (χ3v) is 4.35. The number of nitrogens with one attached hydrogen (secondary N) is 1. The van der Waals surface area contributed by atoms with Gasteiger partial charge in [0.05, 0.1) is 14.2 Å². The normalized spacial score (nSPS) is 15.3. The van der Waals surface area contributed by atoms with Crippen molar-refractivity contribution in [2.75, 3.05) is 27.3 Å². The van der Waals surface area contributed by atoms with E-state index >= 15 is 0 Å². The number of hydrogen-bond acceptors (Lipinski definition) is 4. The predicted octanol–water partition coefficient (Wildman–Crippen LogP) is 2.23. The average Bonchev–Trinajstić information content (AvgIpc) is 2.60. The predicted molar refractivity (Wildman–Crippen MR) is 92.1 cm³/mol. The lowest BCUT2D eigenvalue weighted by molar-refractivity contribution is -0.130. The highest BCUT2D eigenvalue weighted by Crippen LogP contribution is 2.27. The van der Waals surface area contributed by atoms with Crippen molar-refractivity contribution in [3.63, 3.8) is 0 Å². The van der Waals surface area contributed by atoms with Gasteiger partial charge in [0.2, 0.25) is 0 Å². The van der Waals surface area contributed by atoms with Gasteiger partial charge >= 0.3 is 0 Å². The van der Waals surface area contributed by atoms with E-state index in [4.69, 9.17) is 32.7 Å². The van der Waals surface area contributed by atoms with Gasteiger partial charge in [-0.25, -0.2) is 0 Å². The molecule has 1 aliphatic rings. The molecule has 0 saturated carbocycles. The Bertz CT molecular complexity index is 602. The number of benzene rings is 1. The molecule has 1 N–H and O–H groups in total. The van der Waals surface area contributed by atoms with Crippen molar-refractivity contribution >= 4 is 35.0 Å². The highest BCUT2D eigenvalue weighted by molar-refractivity contribution is 6.53. The van der Waals surface area contributed by atoms with Crippen LogP contribution >= 0.6 is 23.2 Å². The molecule has 0 aromatic heterocycles. The van der Waals surface area contributed by atoms with Crippen LogP contribution in [0.4, 0.5) is 0 Å². The zero-order chi connectivity index (χ0) is 17.7. The number of alkyl halides is 2. The molecular formula is C16H20Cl2N2O4. The van der Waals surface area contributed by atoms with Crippen molar-refractivity contribution < 1.29 is 19.1 Å². The second-order valence-corrected chi connectivity index (χ2v) is 6.54. The van der Waals surface area contributed by atoms with E-state index in [1.165, 1.54) is 7.11 Å². The number of piperidine rings is 1. The SMILES string of the molecule is COc1ccc(C(=O)NC2CCN(C(=O)C(Cl)Cl)CC2)cc1OC. The van der Waals surface area contributed by atoms with E-state index in [1.807, 2.05) is 0 Å². The molecule has 0 aliphatic carbocycles. The van der Waals surface area contributed by atoms with Crippen LogP contribution < -0.4 is 14.8 Å². The van der Waals surface area contributed by atoms with E-state index in [2.05, 4.69) is 5.32 Å². The molecule has 0 atom stereocenters. The summed E-state index contributed by atoms with van der Waals surface area (Å²) in [5.41, 5.74) is 0.493. The molecule has 1 heterocycles. The summed E-state index contributed by atoms with van der Waals surface area (Å²) in [5.74, 6) is 0.592. The minimum absolute atomic E-state index is 0.00116. The van der Waals surface area contributed by atoms with Gasteiger partial charge in [-0.05, 0) is 31.0 Å². The summed E-state index contributed by atoms with van der Waals surface area (Å²) < 4.78 is 10.4. The van der Waals surface area contributed by atoms with Crippen LogP contribution in [0.1, 0.15) is 23.2 Å². The molecule has 24 heavy (non-hydrogen) atoms. The average molecular weight is 375 g/mol. The van der Waals surface area contributed by atoms with Crippen molar-refractivity contribution in [3.05, 3.63) is 23.8 Å². The van der Waals surface area contributed by atoms with Crippen LogP contribution in [0, 0.1) is 0 Å². The van der Waals surface area contributed by atoms with Gasteiger partial charge in [0.1, 0.15) is 0 Å². The number of methoxy groups -OCH3 is 2. The van der Waals surface area contributed by atoms with Gasteiger partial charge in [0.15, 0.2) is 16.3 Å². The number of carbonyl (C=O) groups excluding carboxylic acids is 2. The monoisotopic (exact) mass is 374 g/mol. The Kier molecular flexibility index (Phi) is 6.57. The third kappa shape index (κ3) is 4.45. The third-order valence-electron chi connectivity index (χ3n) is 3.97. The standard InChI is InChI=1S/C16H20Cl2N2O4/c1-23-12-4-3-10(9-13(12)24-2)15(21)19-11-5-7-20(8-6-11)16(22)14(17)18/h3-4,9,11,14H,5-8H2,1-2H3,(H,19,21). The first-order valence-corrected chi connectivity index (χ1v) is 8.43. The molecule has 6 nitrogen and oxygen atoms in total. The van der Waals surface area contributed by atoms with Crippen molar-refractivity contribution in [1.82, 2.24) is 10.2 Å². The van der Waals surface area contributed by atoms with Gasteiger partial charge in [-0.1, -0.05) is 23.2 Å². The highest BCUT2D eigenvalue weighted by Gasteiger charge is 2.27. The molecule has 0 unspecified atom stereocenters. The van der Waals surface area contributed by atoms with Gasteiger partial charge in [-0.15, -0.1) is 0 Å². The lowest BCUT2D eigenvalue weighted by Crippen LogP contribution is -2.47. The maximum atomic E-state index is 12.4. The highest BCUT2D eigenvalue weighted by atomic mass is 35.5. The Hall–Kier alpha value is -1.66. The Balaban J connectivity index is 1.93. The molecule has 1 saturated heterocycles. The quantitative estimate of drug-likeness (QED) is 0.802. The summed E-state index contributed by atoms with van der Waals surface area (Å²) in [5, 5.41) is 2.97. The number of carbonyl (C=O) groups is 2. The zero-order valence-electron chi connectivity index (χ0n) is 13.6. The minimum atomic E-state index is -1.04. The first-order chi connectivity index (χ1) is 11.5. The largest absolute Gasteiger partial charge is 0.493 e. The van der Waals surface area contributed by atoms with Gasteiger partial charge in [-0.2, -0.15) is 0 Å². The Morgan fingerprint density at radius 3 is 2.33 bits per heavy atom. The lowest BCUT2D eigenvalue weighted by Gasteiger charge is -2.32. The van der Waals surface area contributed by atoms with E-state index < -0.39 is 4.84 Å². The number of likely N-dealkylation sites (tertiary alicyclic amines) is 1. The van der Waals surface area contributed by atoms with Crippen molar-refractivity contribution in [2.45, 2.75) is 23.7 Å². The molecule has 1 aromatic carbocycles. The molecule has 1 aromatic rings. The number of halogens is 2. The van der Waals surface area contributed by atoms with Crippen molar-refractivity contribution in [3.8, 4) is 11.5 Å². The Morgan fingerprint density at radius 1 is 1.17 bits per heavy atom. The number of amides is 2. The number of hydrogen-bond donors (Lipinski definition) is 1. The molecule has 0 spiro atoms. The minimum Gasteiger partial charge on any atom is -0.493 e. The van der Waals surface area contributed by atoms with Gasteiger partial charge in [0.25, 0.3) is 11.8 Å². The van der Waals surface area contributed by atoms with Gasteiger partial charge < -0.3 is 19.7 Å². The van der Waals surface area contributed by atoms with Crippen LogP contribution in [-0.2, 0) is 4.79 Å². The summed E-state index contributed by atoms with van der Waals surface area (Å²) in [4.78, 5) is 24.7. The Labute approximate surface area is 151 Å². The number of ether oxygens (including phenoxy) is 2. The summed E-state index contributed by atoms with van der Waals surface area (Å²) in [7, 11) is 3.06. The van der Waals surface area contributed by atoms with Crippen LogP contribution in [0.2, 0.25) is 0 Å². The molecule has 2 amide bonds. The first kappa shape index (κ1) is 18.7. The molecule has 0 radical (unpaired) electrons. The van der Waals surface area contributed by atoms with E-state index in [0.717, 1.165) is 0 Å². The summed E-state index contributed by atoms with van der Waals surface area (Å²) in [6, 6.07) is 5.01. The van der Waals surface area contributed by atoms with Gasteiger partial charge in [0, 0.05) is 24.7 Å². The summed E-state index contributed by atoms with van der Waals surface area (Å²) in [6.45, 7) is 1.04. The van der Waals surface area contributed by atoms with Crippen LogP contribution in [0.25, 0.3) is 0 Å². The van der Waals surface area contributed by atoms with Crippen molar-refractivity contribution in [1.29, 1.82) is 0 Å². The van der Waals surface area contributed by atoms with Crippen LogP contribution in [0.3, 0.4) is 0 Å². The molecule has 1 aliphatic heterocycles. The second-order valence-electron chi connectivity index (χ2n) is 5.44. The first-order valence-electron chi connectivity index (χ1n) is 7.56. The van der Waals surface area contributed by atoms with Crippen molar-refractivity contribution in [2.24, 2.45) is 0 Å². The summed E-state index contributed by atoms with van der Waals surface area (Å²) in [6.07, 6.45) is 1.32. The molecular weight excluding hydrogens is 355 g/mol. The van der Waals surface area contributed by atoms with E-state index in [0.29, 0.717) is 43.0 Å². The zero-order valence-corrected chi connectivity index (χ0v) is 15.1. The summed E-state index contributed by atoms with van der Waals surface area (Å²) >= 11 is 11.2. The molecule has 8 heteroatoms. The molecule has 2 rings (SSSR count). The van der Waals surface area contributed by atoms with E-state index in [1.54, 1.807) is 30.2 Å². The van der Waals surface area contributed by atoms with E-state index in [-0.39, 0.29) is 17.9 Å². The fraction of sp³-hybridized carbons (Fsp3) is 0.500. The fourth-order valence-corrected chi connectivity index (χ4v) is 2.90. The topological polar surface area (TPSA) is 67.9 Å². The van der Waals surface area contributed by atoms with Crippen LogP contribution in [-0.4, -0.2) is 54.9 Å².